The molecule has 0 saturated carbocycles. The number of amides is 1. The molecule has 4 atom stereocenters. The molecule has 0 radical (unpaired) electrons. The number of carbonyl (C=O) groups is 2. The van der Waals surface area contributed by atoms with Crippen LogP contribution in [0.3, 0.4) is 0 Å². The summed E-state index contributed by atoms with van der Waals surface area (Å²) in [5, 5.41) is 11.9. The molecule has 2 aliphatic heterocycles. The summed E-state index contributed by atoms with van der Waals surface area (Å²) < 4.78 is 10.7. The molecule has 0 spiro atoms. The van der Waals surface area contributed by atoms with E-state index in [0.717, 1.165) is 12.8 Å². The Morgan fingerprint density at radius 2 is 2.05 bits per heavy atom. The molecule has 0 unspecified atom stereocenters. The number of carboxylic acids is 1. The zero-order valence-electron chi connectivity index (χ0n) is 10.2. The van der Waals surface area contributed by atoms with Crippen LogP contribution in [0.2, 0.25) is 0 Å². The molecule has 2 bridgehead atoms. The number of carboxylic acid groups (broad SMARTS) is 1. The van der Waals surface area contributed by atoms with E-state index in [4.69, 9.17) is 9.15 Å². The van der Waals surface area contributed by atoms with Crippen LogP contribution in [0.4, 0.5) is 0 Å². The molecule has 0 aliphatic carbocycles. The molecule has 0 aromatic carbocycles. The Kier molecular flexibility index (Phi) is 3.02. The van der Waals surface area contributed by atoms with Crippen LogP contribution in [-0.2, 0) is 20.9 Å². The van der Waals surface area contributed by atoms with Gasteiger partial charge in [0, 0.05) is 0 Å². The van der Waals surface area contributed by atoms with Gasteiger partial charge in [0.25, 0.3) is 0 Å². The smallest absolute Gasteiger partial charge is 0.310 e. The third-order valence-electron chi connectivity index (χ3n) is 3.88. The maximum atomic E-state index is 12.1. The van der Waals surface area contributed by atoms with E-state index in [1.807, 2.05) is 0 Å². The molecule has 2 N–H and O–H groups in total. The second kappa shape index (κ2) is 4.70. The highest BCUT2D eigenvalue weighted by Crippen LogP contribution is 2.43. The van der Waals surface area contributed by atoms with Crippen molar-refractivity contribution in [3.8, 4) is 0 Å². The van der Waals surface area contributed by atoms with Crippen molar-refractivity contribution < 1.29 is 23.8 Å². The van der Waals surface area contributed by atoms with Gasteiger partial charge in [0.15, 0.2) is 0 Å². The highest BCUT2D eigenvalue weighted by molar-refractivity contribution is 5.86. The largest absolute Gasteiger partial charge is 0.481 e. The van der Waals surface area contributed by atoms with E-state index in [9.17, 15) is 14.7 Å². The van der Waals surface area contributed by atoms with Gasteiger partial charge in [-0.3, -0.25) is 9.59 Å². The van der Waals surface area contributed by atoms with E-state index < -0.39 is 17.8 Å². The van der Waals surface area contributed by atoms with Crippen LogP contribution in [0.1, 0.15) is 18.6 Å². The summed E-state index contributed by atoms with van der Waals surface area (Å²) >= 11 is 0. The number of furan rings is 1. The van der Waals surface area contributed by atoms with Crippen molar-refractivity contribution in [3.63, 3.8) is 0 Å². The second-order valence-corrected chi connectivity index (χ2v) is 4.98. The highest BCUT2D eigenvalue weighted by atomic mass is 16.5. The predicted octanol–water partition coefficient (Wildman–Crippen LogP) is 0.774. The minimum atomic E-state index is -0.953. The molecule has 2 fully saturated rings. The first-order chi connectivity index (χ1) is 9.16. The van der Waals surface area contributed by atoms with E-state index in [2.05, 4.69) is 5.32 Å². The standard InChI is InChI=1S/C13H15NO5/c15-12(14-6-7-2-1-5-18-7)10-8-3-4-9(19-8)11(10)13(16)17/h1-2,5,8-11H,3-4,6H2,(H,14,15)(H,16,17)/t8-,9+,10+,11-/m1/s1. The number of nitrogens with one attached hydrogen (secondary N) is 1. The Hall–Kier alpha value is -1.82. The molecule has 19 heavy (non-hydrogen) atoms. The van der Waals surface area contributed by atoms with Gasteiger partial charge >= 0.3 is 5.97 Å². The molecule has 1 amide bonds. The molecule has 1 aromatic heterocycles. The van der Waals surface area contributed by atoms with Gasteiger partial charge in [-0.15, -0.1) is 0 Å². The van der Waals surface area contributed by atoms with Gasteiger partial charge in [-0.25, -0.2) is 0 Å². The molecule has 6 heteroatoms. The summed E-state index contributed by atoms with van der Waals surface area (Å²) in [6, 6.07) is 3.49. The number of carbonyl (C=O) groups excluding carboxylic acids is 1. The molecule has 6 nitrogen and oxygen atoms in total. The van der Waals surface area contributed by atoms with E-state index in [1.54, 1.807) is 12.1 Å². The zero-order valence-corrected chi connectivity index (χ0v) is 10.2. The van der Waals surface area contributed by atoms with Crippen LogP contribution >= 0.6 is 0 Å². The van der Waals surface area contributed by atoms with Crippen molar-refractivity contribution in [1.29, 1.82) is 0 Å². The van der Waals surface area contributed by atoms with Crippen molar-refractivity contribution in [2.45, 2.75) is 31.6 Å². The zero-order chi connectivity index (χ0) is 13.4. The van der Waals surface area contributed by atoms with E-state index in [-0.39, 0.29) is 24.7 Å². The minimum absolute atomic E-state index is 0.261. The van der Waals surface area contributed by atoms with Crippen molar-refractivity contribution in [1.82, 2.24) is 5.32 Å². The first-order valence-corrected chi connectivity index (χ1v) is 6.35. The van der Waals surface area contributed by atoms with Crippen LogP contribution in [0.5, 0.6) is 0 Å². The number of rotatable bonds is 4. The van der Waals surface area contributed by atoms with Crippen LogP contribution in [0.15, 0.2) is 22.8 Å². The summed E-state index contributed by atoms with van der Waals surface area (Å²) in [4.78, 5) is 23.4. The molecule has 2 saturated heterocycles. The fraction of sp³-hybridized carbons (Fsp3) is 0.538. The minimum Gasteiger partial charge on any atom is -0.481 e. The molecule has 1 aromatic rings. The lowest BCUT2D eigenvalue weighted by Crippen LogP contribution is -2.43. The Morgan fingerprint density at radius 1 is 1.32 bits per heavy atom. The molecule has 3 heterocycles. The normalized spacial score (nSPS) is 32.4. The summed E-state index contributed by atoms with van der Waals surface area (Å²) in [5.41, 5.74) is 0. The maximum Gasteiger partial charge on any atom is 0.310 e. The number of hydrogen-bond donors (Lipinski definition) is 2. The molecular formula is C13H15NO5. The lowest BCUT2D eigenvalue weighted by Gasteiger charge is -2.23. The number of ether oxygens (including phenoxy) is 1. The van der Waals surface area contributed by atoms with Crippen LogP contribution < -0.4 is 5.32 Å². The van der Waals surface area contributed by atoms with Gasteiger partial charge in [0.05, 0.1) is 36.9 Å². The lowest BCUT2D eigenvalue weighted by atomic mass is 9.79. The average Bonchev–Trinajstić information content (AvgIpc) is 3.10. The monoisotopic (exact) mass is 265 g/mol. The van der Waals surface area contributed by atoms with Crippen molar-refractivity contribution >= 4 is 11.9 Å². The van der Waals surface area contributed by atoms with Crippen molar-refractivity contribution in [2.24, 2.45) is 11.8 Å². The van der Waals surface area contributed by atoms with E-state index >= 15 is 0 Å². The molecule has 3 rings (SSSR count). The van der Waals surface area contributed by atoms with Gasteiger partial charge in [-0.1, -0.05) is 0 Å². The fourth-order valence-corrected chi connectivity index (χ4v) is 3.03. The SMILES string of the molecule is O=C(NCc1ccco1)[C@@H]1[C@H](C(=O)O)[C@@H]2CC[C@H]1O2. The fourth-order valence-electron chi connectivity index (χ4n) is 3.03. The number of fused-ring (bicyclic) bond motifs is 2. The summed E-state index contributed by atoms with van der Waals surface area (Å²) in [6.45, 7) is 0.270. The molecule has 2 aliphatic rings. The quantitative estimate of drug-likeness (QED) is 0.839. The van der Waals surface area contributed by atoms with Gasteiger partial charge in [-0.05, 0) is 25.0 Å². The molecule has 102 valence electrons. The second-order valence-electron chi connectivity index (χ2n) is 4.98. The van der Waals surface area contributed by atoms with E-state index in [1.165, 1.54) is 6.26 Å². The van der Waals surface area contributed by atoms with Crippen LogP contribution in [0, 0.1) is 11.8 Å². The highest BCUT2D eigenvalue weighted by Gasteiger charge is 2.55. The van der Waals surface area contributed by atoms with Gasteiger partial charge in [-0.2, -0.15) is 0 Å². The third-order valence-corrected chi connectivity index (χ3v) is 3.88. The maximum absolute atomic E-state index is 12.1. The summed E-state index contributed by atoms with van der Waals surface area (Å²) in [7, 11) is 0. The lowest BCUT2D eigenvalue weighted by molar-refractivity contribution is -0.147. The van der Waals surface area contributed by atoms with Gasteiger partial charge in [0.2, 0.25) is 5.91 Å². The summed E-state index contributed by atoms with van der Waals surface area (Å²) in [5.74, 6) is -1.90. The number of aliphatic carboxylic acids is 1. The Labute approximate surface area is 109 Å². The average molecular weight is 265 g/mol. The van der Waals surface area contributed by atoms with Crippen molar-refractivity contribution in [3.05, 3.63) is 24.2 Å². The Morgan fingerprint density at radius 3 is 2.68 bits per heavy atom. The predicted molar refractivity (Wildman–Crippen MR) is 63.1 cm³/mol. The first-order valence-electron chi connectivity index (χ1n) is 6.35. The van der Waals surface area contributed by atoms with Crippen LogP contribution in [-0.4, -0.2) is 29.2 Å². The first kappa shape index (κ1) is 12.2. The number of hydrogen-bond acceptors (Lipinski definition) is 4. The topological polar surface area (TPSA) is 88.8 Å². The van der Waals surface area contributed by atoms with E-state index in [0.29, 0.717) is 5.76 Å². The molecular weight excluding hydrogens is 250 g/mol. The van der Waals surface area contributed by atoms with Gasteiger partial charge in [0.1, 0.15) is 5.76 Å². The Balaban J connectivity index is 1.66. The van der Waals surface area contributed by atoms with Crippen molar-refractivity contribution in [2.75, 3.05) is 0 Å². The summed E-state index contributed by atoms with van der Waals surface area (Å²) in [6.07, 6.45) is 2.43. The Bertz CT molecular complexity index is 483. The third kappa shape index (κ3) is 2.12. The van der Waals surface area contributed by atoms with Crippen LogP contribution in [0.25, 0.3) is 0 Å². The van der Waals surface area contributed by atoms with Gasteiger partial charge < -0.3 is 19.6 Å².